The van der Waals surface area contributed by atoms with Gasteiger partial charge in [0.05, 0.1) is 12.5 Å². The standard InChI is InChI=1S/C21H25N3O3S.C10H8/c1-24(2)14-15-8-10-18-17(12-15)9-11-19(18)22-21(25)13-20(23-28(26)27)16-6-4-3-5-7-16;1-2-6-10-8-4-3-7-9(10)5-1/h3-8,10,12,19-20H,9,11,13-14H2,1-2H3,(H,22,25);1-8H. The molecule has 6 nitrogen and oxygen atoms in total. The van der Waals surface area contributed by atoms with Crippen molar-refractivity contribution in [3.63, 3.8) is 0 Å². The Kier molecular flexibility index (Phi) is 9.40. The molecule has 0 spiro atoms. The molecule has 4 aromatic rings. The van der Waals surface area contributed by atoms with Crippen LogP contribution < -0.4 is 5.32 Å². The Bertz CT molecular complexity index is 1440. The zero-order chi connectivity index (χ0) is 26.9. The van der Waals surface area contributed by atoms with Crippen molar-refractivity contribution in [2.75, 3.05) is 14.1 Å². The van der Waals surface area contributed by atoms with Gasteiger partial charge in [0.25, 0.3) is 0 Å². The SMILES string of the molecule is CN(C)Cc1ccc2c(c1)CCC2NC(=O)CC(N=S(=O)=O)c1ccccc1.c1ccc2ccccc2c1. The first-order chi connectivity index (χ1) is 18.4. The van der Waals surface area contributed by atoms with Gasteiger partial charge in [-0.3, -0.25) is 4.79 Å². The molecule has 2 atom stereocenters. The summed E-state index contributed by atoms with van der Waals surface area (Å²) in [7, 11) is 1.51. The van der Waals surface area contributed by atoms with E-state index in [0.717, 1.165) is 24.9 Å². The van der Waals surface area contributed by atoms with Crippen LogP contribution in [0.25, 0.3) is 10.8 Å². The maximum absolute atomic E-state index is 12.6. The van der Waals surface area contributed by atoms with Gasteiger partial charge in [-0.2, -0.15) is 12.8 Å². The van der Waals surface area contributed by atoms with Crippen molar-refractivity contribution >= 4 is 27.2 Å². The number of fused-ring (bicyclic) bond motifs is 2. The van der Waals surface area contributed by atoms with Crippen molar-refractivity contribution in [1.82, 2.24) is 10.2 Å². The molecular weight excluding hydrogens is 494 g/mol. The van der Waals surface area contributed by atoms with E-state index in [1.807, 2.05) is 32.3 Å². The van der Waals surface area contributed by atoms with E-state index >= 15 is 0 Å². The summed E-state index contributed by atoms with van der Waals surface area (Å²) in [5.41, 5.74) is 4.39. The molecule has 7 heteroatoms. The molecule has 0 saturated carbocycles. The van der Waals surface area contributed by atoms with E-state index in [-0.39, 0.29) is 18.4 Å². The molecule has 1 amide bonds. The molecule has 4 aromatic carbocycles. The third-order valence-electron chi connectivity index (χ3n) is 6.55. The number of nitrogens with zero attached hydrogens (tertiary/aromatic N) is 2. The molecule has 1 aliphatic carbocycles. The Labute approximate surface area is 226 Å². The van der Waals surface area contributed by atoms with Crippen LogP contribution >= 0.6 is 0 Å². The van der Waals surface area contributed by atoms with Gasteiger partial charge in [0.15, 0.2) is 0 Å². The smallest absolute Gasteiger partial charge is 0.311 e. The van der Waals surface area contributed by atoms with E-state index in [2.05, 4.69) is 81.3 Å². The molecule has 0 heterocycles. The highest BCUT2D eigenvalue weighted by atomic mass is 32.2. The minimum Gasteiger partial charge on any atom is -0.349 e. The van der Waals surface area contributed by atoms with Crippen LogP contribution in [-0.4, -0.2) is 33.3 Å². The van der Waals surface area contributed by atoms with Crippen LogP contribution in [0, 0.1) is 0 Å². The predicted octanol–water partition coefficient (Wildman–Crippen LogP) is 5.89. The summed E-state index contributed by atoms with van der Waals surface area (Å²) in [6, 6.07) is 31.4. The quantitative estimate of drug-likeness (QED) is 0.325. The maximum Gasteiger partial charge on any atom is 0.311 e. The monoisotopic (exact) mass is 527 g/mol. The summed E-state index contributed by atoms with van der Waals surface area (Å²) in [6.07, 6.45) is 1.79. The van der Waals surface area contributed by atoms with Gasteiger partial charge in [0.2, 0.25) is 5.91 Å². The summed E-state index contributed by atoms with van der Waals surface area (Å²) < 4.78 is 25.9. The minimum absolute atomic E-state index is 0.00252. The van der Waals surface area contributed by atoms with E-state index in [1.54, 1.807) is 12.1 Å². The Morgan fingerprint density at radius 1 is 0.921 bits per heavy atom. The number of hydrogen-bond acceptors (Lipinski definition) is 5. The lowest BCUT2D eigenvalue weighted by atomic mass is 10.0. The fourth-order valence-corrected chi connectivity index (χ4v) is 5.25. The van der Waals surface area contributed by atoms with E-state index in [1.165, 1.54) is 21.9 Å². The lowest BCUT2D eigenvalue weighted by Crippen LogP contribution is -2.28. The van der Waals surface area contributed by atoms with Gasteiger partial charge >= 0.3 is 10.5 Å². The van der Waals surface area contributed by atoms with Crippen molar-refractivity contribution in [2.24, 2.45) is 4.36 Å². The Balaban J connectivity index is 0.000000278. The average molecular weight is 528 g/mol. The molecule has 5 rings (SSSR count). The second-order valence-corrected chi connectivity index (χ2v) is 10.4. The van der Waals surface area contributed by atoms with Gasteiger partial charge in [-0.1, -0.05) is 97.1 Å². The highest BCUT2D eigenvalue weighted by Crippen LogP contribution is 2.32. The van der Waals surface area contributed by atoms with E-state index in [4.69, 9.17) is 0 Å². The fraction of sp³-hybridized carbons (Fsp3) is 0.258. The Hall–Kier alpha value is -3.81. The van der Waals surface area contributed by atoms with Gasteiger partial charge in [-0.15, -0.1) is 0 Å². The predicted molar refractivity (Wildman–Crippen MR) is 152 cm³/mol. The second-order valence-electron chi connectivity index (χ2n) is 9.73. The van der Waals surface area contributed by atoms with Crippen LogP contribution in [-0.2, 0) is 28.3 Å². The minimum atomic E-state index is -2.57. The highest BCUT2D eigenvalue weighted by Gasteiger charge is 2.25. The van der Waals surface area contributed by atoms with Crippen molar-refractivity contribution in [3.8, 4) is 0 Å². The molecule has 2 unspecified atom stereocenters. The normalized spacial score (nSPS) is 14.8. The molecule has 0 aromatic heterocycles. The zero-order valence-electron chi connectivity index (χ0n) is 21.7. The fourth-order valence-electron chi connectivity index (χ4n) is 4.84. The number of benzene rings is 4. The van der Waals surface area contributed by atoms with Crippen molar-refractivity contribution in [3.05, 3.63) is 119 Å². The molecule has 38 heavy (non-hydrogen) atoms. The molecule has 1 aliphatic rings. The van der Waals surface area contributed by atoms with Crippen LogP contribution in [0.5, 0.6) is 0 Å². The number of rotatable bonds is 7. The summed E-state index contributed by atoms with van der Waals surface area (Å²) in [5, 5.41) is 5.68. The van der Waals surface area contributed by atoms with E-state index in [9.17, 15) is 13.2 Å². The number of aryl methyl sites for hydroxylation is 1. The molecule has 0 bridgehead atoms. The van der Waals surface area contributed by atoms with Crippen LogP contribution in [0.2, 0.25) is 0 Å². The third kappa shape index (κ3) is 7.60. The van der Waals surface area contributed by atoms with Gasteiger partial charge in [-0.05, 0) is 60.0 Å². The highest BCUT2D eigenvalue weighted by molar-refractivity contribution is 7.61. The second kappa shape index (κ2) is 13.1. The molecule has 0 fully saturated rings. The largest absolute Gasteiger partial charge is 0.349 e. The van der Waals surface area contributed by atoms with Crippen molar-refractivity contribution in [1.29, 1.82) is 0 Å². The van der Waals surface area contributed by atoms with Crippen LogP contribution in [0.3, 0.4) is 0 Å². The Morgan fingerprint density at radius 2 is 1.53 bits per heavy atom. The first-order valence-corrected chi connectivity index (χ1v) is 13.8. The first-order valence-electron chi connectivity index (χ1n) is 12.7. The number of amides is 1. The van der Waals surface area contributed by atoms with E-state index < -0.39 is 16.5 Å². The topological polar surface area (TPSA) is 78.8 Å². The molecule has 196 valence electrons. The first kappa shape index (κ1) is 27.2. The zero-order valence-corrected chi connectivity index (χ0v) is 22.6. The summed E-state index contributed by atoms with van der Waals surface area (Å²) in [6.45, 7) is 0.886. The van der Waals surface area contributed by atoms with Gasteiger partial charge < -0.3 is 10.2 Å². The summed E-state index contributed by atoms with van der Waals surface area (Å²) in [5.74, 6) is -0.196. The number of carbonyl (C=O) groups excluding carboxylic acids is 1. The summed E-state index contributed by atoms with van der Waals surface area (Å²) >= 11 is 0. The Morgan fingerprint density at radius 3 is 2.11 bits per heavy atom. The van der Waals surface area contributed by atoms with Crippen molar-refractivity contribution in [2.45, 2.75) is 37.9 Å². The average Bonchev–Trinajstić information content (AvgIpc) is 3.30. The van der Waals surface area contributed by atoms with Gasteiger partial charge in [0, 0.05) is 6.54 Å². The van der Waals surface area contributed by atoms with Crippen molar-refractivity contribution < 1.29 is 13.2 Å². The number of nitrogens with one attached hydrogen (secondary N) is 1. The lowest BCUT2D eigenvalue weighted by Gasteiger charge is -2.17. The third-order valence-corrected chi connectivity index (χ3v) is 6.98. The molecule has 0 aliphatic heterocycles. The summed E-state index contributed by atoms with van der Waals surface area (Å²) in [4.78, 5) is 14.7. The molecule has 1 N–H and O–H groups in total. The lowest BCUT2D eigenvalue weighted by molar-refractivity contribution is -0.122. The van der Waals surface area contributed by atoms with Gasteiger partial charge in [-0.25, -0.2) is 0 Å². The molecule has 0 saturated heterocycles. The van der Waals surface area contributed by atoms with Crippen LogP contribution in [0.4, 0.5) is 0 Å². The molecular formula is C31H33N3O3S. The number of carbonyl (C=O) groups is 1. The van der Waals surface area contributed by atoms with Crippen LogP contribution in [0.1, 0.15) is 47.2 Å². The van der Waals surface area contributed by atoms with E-state index in [0.29, 0.717) is 5.56 Å². The van der Waals surface area contributed by atoms with Crippen LogP contribution in [0.15, 0.2) is 101 Å². The van der Waals surface area contributed by atoms with Gasteiger partial charge in [0.1, 0.15) is 6.04 Å². The maximum atomic E-state index is 12.6. The number of hydrogen-bond donors (Lipinski definition) is 1. The molecule has 0 radical (unpaired) electrons.